The first-order valence-electron chi connectivity index (χ1n) is 7.25. The lowest BCUT2D eigenvalue weighted by Crippen LogP contribution is -2.06. The van der Waals surface area contributed by atoms with Crippen LogP contribution in [0.25, 0.3) is 11.3 Å². The highest BCUT2D eigenvalue weighted by Gasteiger charge is 2.32. The summed E-state index contributed by atoms with van der Waals surface area (Å²) in [5.41, 5.74) is 7.90. The smallest absolute Gasteiger partial charge is 0.132 e. The summed E-state index contributed by atoms with van der Waals surface area (Å²) in [6, 6.07) is 6.06. The van der Waals surface area contributed by atoms with Gasteiger partial charge in [0.05, 0.1) is 17.7 Å². The molecule has 1 saturated carbocycles. The predicted octanol–water partition coefficient (Wildman–Crippen LogP) is 4.25. The normalized spacial score (nSPS) is 14.7. The third-order valence-corrected chi connectivity index (χ3v) is 4.15. The third kappa shape index (κ3) is 2.38. The number of methoxy groups -OCH3 is 1. The number of imidazole rings is 1. The molecule has 0 spiro atoms. The summed E-state index contributed by atoms with van der Waals surface area (Å²) in [5, 5.41) is 0.608. The first-order valence-corrected chi connectivity index (χ1v) is 7.62. The fourth-order valence-electron chi connectivity index (χ4n) is 2.68. The highest BCUT2D eigenvalue weighted by atomic mass is 35.5. The topological polar surface area (TPSA) is 53.1 Å². The second kappa shape index (κ2) is 5.26. The van der Waals surface area contributed by atoms with E-state index in [1.807, 2.05) is 18.2 Å². The molecular weight excluding hydrogens is 286 g/mol. The molecule has 0 bridgehead atoms. The summed E-state index contributed by atoms with van der Waals surface area (Å²) in [7, 11) is 1.63. The van der Waals surface area contributed by atoms with Crippen LogP contribution in [0, 0.1) is 0 Å². The maximum absolute atomic E-state index is 6.39. The Labute approximate surface area is 129 Å². The minimum Gasteiger partial charge on any atom is -0.496 e. The summed E-state index contributed by atoms with van der Waals surface area (Å²) in [5.74, 6) is 2.72. The second-order valence-corrected chi connectivity index (χ2v) is 6.18. The van der Waals surface area contributed by atoms with Crippen molar-refractivity contribution in [1.82, 2.24) is 9.55 Å². The quantitative estimate of drug-likeness (QED) is 0.918. The van der Waals surface area contributed by atoms with Crippen LogP contribution < -0.4 is 10.5 Å². The van der Waals surface area contributed by atoms with Crippen molar-refractivity contribution < 1.29 is 4.74 Å². The molecule has 2 N–H and O–H groups in total. The van der Waals surface area contributed by atoms with Crippen LogP contribution in [0.4, 0.5) is 5.82 Å². The summed E-state index contributed by atoms with van der Waals surface area (Å²) in [4.78, 5) is 4.78. The number of hydrogen-bond acceptors (Lipinski definition) is 3. The van der Waals surface area contributed by atoms with Crippen LogP contribution in [-0.2, 0) is 0 Å². The van der Waals surface area contributed by atoms with Crippen LogP contribution >= 0.6 is 11.6 Å². The zero-order valence-corrected chi connectivity index (χ0v) is 13.3. The molecule has 5 heteroatoms. The lowest BCUT2D eigenvalue weighted by atomic mass is 10.1. The Morgan fingerprint density at radius 1 is 1.38 bits per heavy atom. The van der Waals surface area contributed by atoms with E-state index in [1.165, 1.54) is 12.8 Å². The van der Waals surface area contributed by atoms with Crippen molar-refractivity contribution in [3.05, 3.63) is 29.0 Å². The number of halogens is 1. The van der Waals surface area contributed by atoms with Crippen molar-refractivity contribution in [1.29, 1.82) is 0 Å². The number of nitrogens with two attached hydrogens (primary N) is 1. The van der Waals surface area contributed by atoms with Gasteiger partial charge in [-0.2, -0.15) is 0 Å². The molecule has 1 aromatic heterocycles. The number of ether oxygens (including phenoxy) is 1. The van der Waals surface area contributed by atoms with Crippen LogP contribution in [-0.4, -0.2) is 16.7 Å². The maximum atomic E-state index is 6.39. The minimum atomic E-state index is 0.315. The van der Waals surface area contributed by atoms with E-state index in [0.717, 1.165) is 17.1 Å². The van der Waals surface area contributed by atoms with Crippen LogP contribution in [0.5, 0.6) is 5.75 Å². The Balaban J connectivity index is 2.22. The molecule has 2 aromatic rings. The van der Waals surface area contributed by atoms with Gasteiger partial charge < -0.3 is 15.0 Å². The molecular formula is C16H20ClN3O. The number of hydrogen-bond donors (Lipinski definition) is 1. The van der Waals surface area contributed by atoms with Crippen molar-refractivity contribution in [2.75, 3.05) is 12.8 Å². The molecule has 21 heavy (non-hydrogen) atoms. The Hall–Kier alpha value is -1.68. The molecule has 4 nitrogen and oxygen atoms in total. The van der Waals surface area contributed by atoms with Crippen molar-refractivity contribution in [3.8, 4) is 17.0 Å². The Morgan fingerprint density at radius 2 is 2.10 bits per heavy atom. The zero-order valence-electron chi connectivity index (χ0n) is 12.6. The number of nitrogen functional groups attached to an aromatic ring is 1. The summed E-state index contributed by atoms with van der Waals surface area (Å²) < 4.78 is 7.60. The van der Waals surface area contributed by atoms with E-state index in [-0.39, 0.29) is 0 Å². The third-order valence-electron chi connectivity index (χ3n) is 3.84. The Bertz CT molecular complexity index is 674. The number of rotatable bonds is 4. The summed E-state index contributed by atoms with van der Waals surface area (Å²) in [6.45, 7) is 4.27. The molecule has 1 aliphatic rings. The Morgan fingerprint density at radius 3 is 2.67 bits per heavy atom. The van der Waals surface area contributed by atoms with Gasteiger partial charge in [-0.1, -0.05) is 31.5 Å². The van der Waals surface area contributed by atoms with Crippen LogP contribution in [0.2, 0.25) is 5.02 Å². The lowest BCUT2D eigenvalue weighted by molar-refractivity contribution is 0.416. The first kappa shape index (κ1) is 14.3. The predicted molar refractivity (Wildman–Crippen MR) is 86.0 cm³/mol. The molecule has 0 radical (unpaired) electrons. The van der Waals surface area contributed by atoms with Crippen LogP contribution in [0.1, 0.15) is 44.5 Å². The van der Waals surface area contributed by atoms with Gasteiger partial charge in [0.25, 0.3) is 0 Å². The van der Waals surface area contributed by atoms with Gasteiger partial charge in [-0.05, 0) is 25.0 Å². The zero-order chi connectivity index (χ0) is 15.1. The number of benzene rings is 1. The van der Waals surface area contributed by atoms with Crippen molar-refractivity contribution in [2.45, 2.75) is 38.6 Å². The van der Waals surface area contributed by atoms with E-state index in [9.17, 15) is 0 Å². The largest absolute Gasteiger partial charge is 0.496 e. The molecule has 1 aliphatic carbocycles. The lowest BCUT2D eigenvalue weighted by Gasteiger charge is -2.11. The van der Waals surface area contributed by atoms with E-state index >= 15 is 0 Å². The standard InChI is InChI=1S/C16H20ClN3O/c1-9(2)16-19-14(15(18)20(16)10-7-8-10)13-11(17)5-4-6-12(13)21-3/h4-6,9-10H,7-8,18H2,1-3H3. The van der Waals surface area contributed by atoms with Gasteiger partial charge in [-0.15, -0.1) is 0 Å². The highest BCUT2D eigenvalue weighted by molar-refractivity contribution is 6.33. The van der Waals surface area contributed by atoms with Gasteiger partial charge in [0.2, 0.25) is 0 Å². The van der Waals surface area contributed by atoms with E-state index in [4.69, 9.17) is 27.1 Å². The summed E-state index contributed by atoms with van der Waals surface area (Å²) >= 11 is 6.37. The van der Waals surface area contributed by atoms with Gasteiger partial charge in [-0.3, -0.25) is 0 Å². The van der Waals surface area contributed by atoms with Gasteiger partial charge in [0.1, 0.15) is 23.1 Å². The molecule has 1 heterocycles. The molecule has 0 atom stereocenters. The molecule has 3 rings (SSSR count). The molecule has 0 amide bonds. The fraction of sp³-hybridized carbons (Fsp3) is 0.438. The average Bonchev–Trinajstić information content (AvgIpc) is 3.22. The van der Waals surface area contributed by atoms with Crippen molar-refractivity contribution >= 4 is 17.4 Å². The van der Waals surface area contributed by atoms with Crippen LogP contribution in [0.15, 0.2) is 18.2 Å². The second-order valence-electron chi connectivity index (χ2n) is 5.78. The number of nitrogens with zero attached hydrogens (tertiary/aromatic N) is 2. The van der Waals surface area contributed by atoms with Gasteiger partial charge in [0.15, 0.2) is 0 Å². The van der Waals surface area contributed by atoms with Crippen LogP contribution in [0.3, 0.4) is 0 Å². The fourth-order valence-corrected chi connectivity index (χ4v) is 2.93. The van der Waals surface area contributed by atoms with Crippen molar-refractivity contribution in [2.24, 2.45) is 0 Å². The highest BCUT2D eigenvalue weighted by Crippen LogP contribution is 2.45. The Kier molecular flexibility index (Phi) is 3.57. The SMILES string of the molecule is COc1cccc(Cl)c1-c1nc(C(C)C)n(C2CC2)c1N. The molecule has 0 aliphatic heterocycles. The molecule has 1 aromatic carbocycles. The van der Waals surface area contributed by atoms with E-state index in [2.05, 4.69) is 18.4 Å². The van der Waals surface area contributed by atoms with Gasteiger partial charge in [-0.25, -0.2) is 4.98 Å². The van der Waals surface area contributed by atoms with E-state index in [0.29, 0.717) is 28.5 Å². The van der Waals surface area contributed by atoms with E-state index in [1.54, 1.807) is 7.11 Å². The maximum Gasteiger partial charge on any atom is 0.132 e. The summed E-state index contributed by atoms with van der Waals surface area (Å²) in [6.07, 6.45) is 2.33. The van der Waals surface area contributed by atoms with Gasteiger partial charge in [0, 0.05) is 12.0 Å². The molecule has 112 valence electrons. The van der Waals surface area contributed by atoms with Crippen molar-refractivity contribution in [3.63, 3.8) is 0 Å². The first-order chi connectivity index (χ1) is 10.0. The number of aromatic nitrogens is 2. The molecule has 0 unspecified atom stereocenters. The number of anilines is 1. The molecule has 1 fully saturated rings. The minimum absolute atomic E-state index is 0.315. The average molecular weight is 306 g/mol. The molecule has 0 saturated heterocycles. The monoisotopic (exact) mass is 305 g/mol. The van der Waals surface area contributed by atoms with Gasteiger partial charge >= 0.3 is 0 Å². The van der Waals surface area contributed by atoms with E-state index < -0.39 is 0 Å².